The molecule has 140 valence electrons. The third-order valence-electron chi connectivity index (χ3n) is 3.47. The Morgan fingerprint density at radius 2 is 2.04 bits per heavy atom. The van der Waals surface area contributed by atoms with Crippen molar-refractivity contribution in [2.24, 2.45) is 0 Å². The van der Waals surface area contributed by atoms with Gasteiger partial charge in [0.1, 0.15) is 9.88 Å². The van der Waals surface area contributed by atoms with Crippen molar-refractivity contribution in [3.63, 3.8) is 0 Å². The van der Waals surface area contributed by atoms with Crippen molar-refractivity contribution < 1.29 is 9.53 Å². The van der Waals surface area contributed by atoms with E-state index in [0.29, 0.717) is 26.5 Å². The molecular weight excluding hydrogens is 388 g/mol. The van der Waals surface area contributed by atoms with Gasteiger partial charge in [-0.3, -0.25) is 0 Å². The summed E-state index contributed by atoms with van der Waals surface area (Å²) in [4.78, 5) is 31.2. The lowest BCUT2D eigenvalue weighted by Crippen LogP contribution is -2.17. The molecule has 2 heterocycles. The van der Waals surface area contributed by atoms with Crippen LogP contribution in [-0.2, 0) is 11.3 Å². The van der Waals surface area contributed by atoms with E-state index in [1.165, 1.54) is 11.3 Å². The van der Waals surface area contributed by atoms with Crippen molar-refractivity contribution in [3.8, 4) is 10.6 Å². The molecule has 27 heavy (non-hydrogen) atoms. The highest BCUT2D eigenvalue weighted by Crippen LogP contribution is 2.30. The van der Waals surface area contributed by atoms with Crippen molar-refractivity contribution in [1.29, 1.82) is 0 Å². The second-order valence-electron chi connectivity index (χ2n) is 5.82. The normalized spacial score (nSPS) is 10.7. The summed E-state index contributed by atoms with van der Waals surface area (Å²) in [7, 11) is 3.56. The molecule has 0 amide bonds. The van der Waals surface area contributed by atoms with Gasteiger partial charge in [0.05, 0.1) is 5.69 Å². The standard InChI is InChI=1S/C17H17ClN6O2S/c1-9-13(27-14(20-9)10-5-4-6-11(18)7-10)15(25)26-8-12-21-16(19)23-17(22-12)24(2)3/h4-7H,8H2,1-3H3,(H2,19,21,22,23). The van der Waals surface area contributed by atoms with Crippen molar-refractivity contribution >= 4 is 40.8 Å². The molecule has 0 spiro atoms. The molecule has 0 unspecified atom stereocenters. The van der Waals surface area contributed by atoms with Crippen LogP contribution in [0.1, 0.15) is 21.2 Å². The fraction of sp³-hybridized carbons (Fsp3) is 0.235. The van der Waals surface area contributed by atoms with Gasteiger partial charge in [0.25, 0.3) is 0 Å². The third-order valence-corrected chi connectivity index (χ3v) is 4.89. The van der Waals surface area contributed by atoms with Gasteiger partial charge in [-0.15, -0.1) is 11.3 Å². The van der Waals surface area contributed by atoms with Gasteiger partial charge in [0.15, 0.2) is 12.4 Å². The van der Waals surface area contributed by atoms with Crippen LogP contribution >= 0.6 is 22.9 Å². The molecule has 0 bridgehead atoms. The van der Waals surface area contributed by atoms with Crippen LogP contribution in [0.15, 0.2) is 24.3 Å². The summed E-state index contributed by atoms with van der Waals surface area (Å²) in [5.41, 5.74) is 7.10. The average molecular weight is 405 g/mol. The van der Waals surface area contributed by atoms with Crippen LogP contribution in [0.5, 0.6) is 0 Å². The fourth-order valence-electron chi connectivity index (χ4n) is 2.22. The molecule has 0 atom stereocenters. The lowest BCUT2D eigenvalue weighted by atomic mass is 10.2. The number of anilines is 2. The number of hydrogen-bond donors (Lipinski definition) is 1. The maximum Gasteiger partial charge on any atom is 0.350 e. The lowest BCUT2D eigenvalue weighted by Gasteiger charge is -2.11. The number of hydrogen-bond acceptors (Lipinski definition) is 9. The molecule has 0 radical (unpaired) electrons. The number of aryl methyl sites for hydroxylation is 1. The molecule has 10 heteroatoms. The summed E-state index contributed by atoms with van der Waals surface area (Å²) < 4.78 is 5.34. The van der Waals surface area contributed by atoms with Gasteiger partial charge < -0.3 is 15.4 Å². The first-order valence-corrected chi connectivity index (χ1v) is 9.11. The molecule has 3 aromatic rings. The summed E-state index contributed by atoms with van der Waals surface area (Å²) in [6, 6.07) is 7.30. The summed E-state index contributed by atoms with van der Waals surface area (Å²) >= 11 is 7.27. The number of esters is 1. The van der Waals surface area contributed by atoms with E-state index in [0.717, 1.165) is 5.56 Å². The highest BCUT2D eigenvalue weighted by Gasteiger charge is 2.18. The van der Waals surface area contributed by atoms with Crippen LogP contribution in [0.25, 0.3) is 10.6 Å². The fourth-order valence-corrected chi connectivity index (χ4v) is 3.36. The topological polar surface area (TPSA) is 107 Å². The van der Waals surface area contributed by atoms with E-state index in [1.807, 2.05) is 12.1 Å². The quantitative estimate of drug-likeness (QED) is 0.646. The molecule has 0 saturated heterocycles. The molecule has 2 N–H and O–H groups in total. The Balaban J connectivity index is 1.76. The Hall–Kier alpha value is -2.78. The van der Waals surface area contributed by atoms with Gasteiger partial charge in [0, 0.05) is 24.7 Å². The van der Waals surface area contributed by atoms with Gasteiger partial charge in [-0.2, -0.15) is 15.0 Å². The van der Waals surface area contributed by atoms with E-state index in [2.05, 4.69) is 19.9 Å². The molecule has 0 aliphatic rings. The predicted molar refractivity (Wildman–Crippen MR) is 105 cm³/mol. The first-order chi connectivity index (χ1) is 12.8. The summed E-state index contributed by atoms with van der Waals surface area (Å²) in [5.74, 6) is 0.239. The zero-order valence-electron chi connectivity index (χ0n) is 14.9. The maximum atomic E-state index is 12.5. The van der Waals surface area contributed by atoms with Gasteiger partial charge in [0.2, 0.25) is 11.9 Å². The van der Waals surface area contributed by atoms with Crippen LogP contribution in [0, 0.1) is 6.92 Å². The molecule has 0 fully saturated rings. The highest BCUT2D eigenvalue weighted by molar-refractivity contribution is 7.17. The van der Waals surface area contributed by atoms with Gasteiger partial charge in [-0.25, -0.2) is 9.78 Å². The Labute approximate surface area is 165 Å². The van der Waals surface area contributed by atoms with E-state index in [1.54, 1.807) is 38.1 Å². The number of ether oxygens (including phenoxy) is 1. The number of rotatable bonds is 5. The highest BCUT2D eigenvalue weighted by atomic mass is 35.5. The number of nitrogens with two attached hydrogens (primary N) is 1. The number of nitrogen functional groups attached to an aromatic ring is 1. The molecular formula is C17H17ClN6O2S. The molecule has 2 aromatic heterocycles. The van der Waals surface area contributed by atoms with E-state index >= 15 is 0 Å². The number of aromatic nitrogens is 4. The number of halogens is 1. The second-order valence-corrected chi connectivity index (χ2v) is 7.26. The average Bonchev–Trinajstić information content (AvgIpc) is 3.01. The Kier molecular flexibility index (Phi) is 5.52. The SMILES string of the molecule is Cc1nc(-c2cccc(Cl)c2)sc1C(=O)OCc1nc(N)nc(N(C)C)n1. The smallest absolute Gasteiger partial charge is 0.350 e. The van der Waals surface area contributed by atoms with E-state index in [9.17, 15) is 4.79 Å². The van der Waals surface area contributed by atoms with Crippen molar-refractivity contribution in [2.45, 2.75) is 13.5 Å². The van der Waals surface area contributed by atoms with Crippen molar-refractivity contribution in [3.05, 3.63) is 45.7 Å². The molecule has 1 aromatic carbocycles. The Bertz CT molecular complexity index is 991. The van der Waals surface area contributed by atoms with Crippen molar-refractivity contribution in [2.75, 3.05) is 24.7 Å². The zero-order chi connectivity index (χ0) is 19.6. The minimum Gasteiger partial charge on any atom is -0.453 e. The first-order valence-electron chi connectivity index (χ1n) is 7.91. The molecule has 8 nitrogen and oxygen atoms in total. The summed E-state index contributed by atoms with van der Waals surface area (Å²) in [5, 5.41) is 1.30. The van der Waals surface area contributed by atoms with Crippen molar-refractivity contribution in [1.82, 2.24) is 19.9 Å². The largest absolute Gasteiger partial charge is 0.453 e. The Morgan fingerprint density at radius 3 is 2.74 bits per heavy atom. The number of nitrogens with zero attached hydrogens (tertiary/aromatic N) is 5. The Morgan fingerprint density at radius 1 is 1.26 bits per heavy atom. The molecule has 0 saturated carbocycles. The second kappa shape index (κ2) is 7.85. The number of benzene rings is 1. The van der Waals surface area contributed by atoms with Crippen LogP contribution in [0.3, 0.4) is 0 Å². The third kappa shape index (κ3) is 4.50. The maximum absolute atomic E-state index is 12.5. The lowest BCUT2D eigenvalue weighted by molar-refractivity contribution is 0.0467. The molecule has 0 aliphatic carbocycles. The number of thiazole rings is 1. The van der Waals surface area contributed by atoms with Crippen LogP contribution in [0.2, 0.25) is 5.02 Å². The predicted octanol–water partition coefficient (Wildman–Crippen LogP) is 2.96. The van der Waals surface area contributed by atoms with E-state index in [-0.39, 0.29) is 18.4 Å². The van der Waals surface area contributed by atoms with Crippen LogP contribution in [-0.4, -0.2) is 40.0 Å². The van der Waals surface area contributed by atoms with Crippen LogP contribution in [0.4, 0.5) is 11.9 Å². The van der Waals surface area contributed by atoms with Gasteiger partial charge >= 0.3 is 5.97 Å². The zero-order valence-corrected chi connectivity index (χ0v) is 16.5. The van der Waals surface area contributed by atoms with Gasteiger partial charge in [-0.05, 0) is 19.1 Å². The summed E-state index contributed by atoms with van der Waals surface area (Å²) in [6.07, 6.45) is 0. The summed E-state index contributed by atoms with van der Waals surface area (Å²) in [6.45, 7) is 1.64. The monoisotopic (exact) mass is 404 g/mol. The van der Waals surface area contributed by atoms with E-state index < -0.39 is 5.97 Å². The molecule has 0 aliphatic heterocycles. The van der Waals surface area contributed by atoms with Crippen LogP contribution < -0.4 is 10.6 Å². The number of carbonyl (C=O) groups is 1. The van der Waals surface area contributed by atoms with E-state index in [4.69, 9.17) is 22.1 Å². The first kappa shape index (κ1) is 19.0. The van der Waals surface area contributed by atoms with Gasteiger partial charge in [-0.1, -0.05) is 23.7 Å². The number of carbonyl (C=O) groups excluding carboxylic acids is 1. The minimum atomic E-state index is -0.497. The molecule has 3 rings (SSSR count). The minimum absolute atomic E-state index is 0.0666.